The SMILES string of the molecule is COc1ccc(C(=O)ON2C(=N)c3cccc([N+](=O)[O-])c3C2=N)cc1. The molecule has 0 saturated heterocycles. The third-order valence-corrected chi connectivity index (χ3v) is 3.64. The quantitative estimate of drug-likeness (QED) is 0.649. The first-order valence-corrected chi connectivity index (χ1v) is 7.05. The molecule has 0 saturated carbocycles. The van der Waals surface area contributed by atoms with Gasteiger partial charge in [-0.15, -0.1) is 5.06 Å². The van der Waals surface area contributed by atoms with E-state index in [0.717, 1.165) is 0 Å². The summed E-state index contributed by atoms with van der Waals surface area (Å²) in [5.74, 6) is -0.992. The number of nitro benzene ring substituents is 1. The largest absolute Gasteiger partial charge is 0.497 e. The fourth-order valence-electron chi connectivity index (χ4n) is 2.42. The zero-order valence-electron chi connectivity index (χ0n) is 13.0. The summed E-state index contributed by atoms with van der Waals surface area (Å²) in [7, 11) is 1.49. The van der Waals surface area contributed by atoms with Gasteiger partial charge in [-0.1, -0.05) is 6.07 Å². The van der Waals surface area contributed by atoms with Crippen molar-refractivity contribution < 1.29 is 19.3 Å². The molecule has 9 heteroatoms. The second-order valence-electron chi connectivity index (χ2n) is 5.06. The van der Waals surface area contributed by atoms with Crippen LogP contribution in [0, 0.1) is 20.9 Å². The number of nitrogens with zero attached hydrogens (tertiary/aromatic N) is 2. The van der Waals surface area contributed by atoms with Crippen molar-refractivity contribution in [1.82, 2.24) is 5.06 Å². The molecule has 1 aliphatic heterocycles. The maximum atomic E-state index is 12.2. The van der Waals surface area contributed by atoms with E-state index in [0.29, 0.717) is 10.8 Å². The summed E-state index contributed by atoms with van der Waals surface area (Å²) in [5.41, 5.74) is -0.0381. The van der Waals surface area contributed by atoms with Gasteiger partial charge in [0.25, 0.3) is 5.69 Å². The summed E-state index contributed by atoms with van der Waals surface area (Å²) in [6.45, 7) is 0. The van der Waals surface area contributed by atoms with Gasteiger partial charge in [-0.3, -0.25) is 20.9 Å². The third kappa shape index (κ3) is 2.67. The number of benzene rings is 2. The minimum atomic E-state index is -0.799. The molecule has 0 fully saturated rings. The molecule has 2 N–H and O–H groups in total. The van der Waals surface area contributed by atoms with Crippen molar-refractivity contribution in [2.75, 3.05) is 7.11 Å². The van der Waals surface area contributed by atoms with Crippen LogP contribution in [-0.2, 0) is 4.84 Å². The maximum Gasteiger partial charge on any atom is 0.363 e. The van der Waals surface area contributed by atoms with Crippen molar-refractivity contribution in [3.63, 3.8) is 0 Å². The molecule has 25 heavy (non-hydrogen) atoms. The van der Waals surface area contributed by atoms with Gasteiger partial charge < -0.3 is 9.57 Å². The molecular formula is C16H12N4O5. The number of carbonyl (C=O) groups excluding carboxylic acids is 1. The maximum absolute atomic E-state index is 12.2. The molecule has 0 aromatic heterocycles. The van der Waals surface area contributed by atoms with Crippen molar-refractivity contribution in [2.45, 2.75) is 0 Å². The van der Waals surface area contributed by atoms with Crippen molar-refractivity contribution in [1.29, 1.82) is 10.8 Å². The summed E-state index contributed by atoms with van der Waals surface area (Å²) in [6, 6.07) is 10.2. The lowest BCUT2D eigenvalue weighted by molar-refractivity contribution is -0.385. The van der Waals surface area contributed by atoms with Crippen LogP contribution in [0.3, 0.4) is 0 Å². The van der Waals surface area contributed by atoms with Crippen molar-refractivity contribution in [3.8, 4) is 5.75 Å². The predicted molar refractivity (Wildman–Crippen MR) is 87.0 cm³/mol. The highest BCUT2D eigenvalue weighted by Crippen LogP contribution is 2.31. The number of fused-ring (bicyclic) bond motifs is 1. The molecule has 126 valence electrons. The Bertz CT molecular complexity index is 907. The number of hydrogen-bond acceptors (Lipinski definition) is 7. The molecule has 9 nitrogen and oxygen atoms in total. The minimum absolute atomic E-state index is 0.0555. The van der Waals surface area contributed by atoms with E-state index in [1.165, 1.54) is 37.4 Å². The van der Waals surface area contributed by atoms with Crippen LogP contribution < -0.4 is 4.74 Å². The smallest absolute Gasteiger partial charge is 0.363 e. The molecule has 0 amide bonds. The zero-order valence-corrected chi connectivity index (χ0v) is 13.0. The summed E-state index contributed by atoms with van der Waals surface area (Å²) >= 11 is 0. The van der Waals surface area contributed by atoms with E-state index in [2.05, 4.69) is 0 Å². The number of nitro groups is 1. The molecule has 0 radical (unpaired) electrons. The number of hydrogen-bond donors (Lipinski definition) is 2. The lowest BCUT2D eigenvalue weighted by Crippen LogP contribution is -2.32. The van der Waals surface area contributed by atoms with Crippen LogP contribution in [0.15, 0.2) is 42.5 Å². The highest BCUT2D eigenvalue weighted by molar-refractivity contribution is 6.24. The fourth-order valence-corrected chi connectivity index (χ4v) is 2.42. The van der Waals surface area contributed by atoms with Gasteiger partial charge in [0.15, 0.2) is 11.7 Å². The zero-order chi connectivity index (χ0) is 18.1. The standard InChI is InChI=1S/C16H12N4O5/c1-24-10-7-5-9(6-8-10)16(21)25-19-14(17)11-3-2-4-12(20(22)23)13(11)15(19)18/h2-8,17-18H,1H3. The molecular weight excluding hydrogens is 328 g/mol. The molecule has 1 heterocycles. The number of hydroxylamine groups is 2. The van der Waals surface area contributed by atoms with Crippen LogP contribution in [0.2, 0.25) is 0 Å². The number of carbonyl (C=O) groups is 1. The van der Waals surface area contributed by atoms with Crippen molar-refractivity contribution in [3.05, 3.63) is 69.3 Å². The number of ether oxygens (including phenoxy) is 1. The molecule has 3 rings (SSSR count). The first-order chi connectivity index (χ1) is 11.9. The lowest BCUT2D eigenvalue weighted by Gasteiger charge is -2.16. The van der Waals surface area contributed by atoms with Gasteiger partial charge in [-0.05, 0) is 30.3 Å². The van der Waals surface area contributed by atoms with E-state index < -0.39 is 16.7 Å². The lowest BCUT2D eigenvalue weighted by atomic mass is 10.1. The topological polar surface area (TPSA) is 130 Å². The third-order valence-electron chi connectivity index (χ3n) is 3.64. The summed E-state index contributed by atoms with van der Waals surface area (Å²) in [6.07, 6.45) is 0. The predicted octanol–water partition coefficient (Wildman–Crippen LogP) is 2.34. The number of nitrogens with one attached hydrogen (secondary N) is 2. The van der Waals surface area contributed by atoms with Gasteiger partial charge >= 0.3 is 5.97 Å². The van der Waals surface area contributed by atoms with Crippen molar-refractivity contribution >= 4 is 23.3 Å². The number of amidine groups is 2. The molecule has 0 aliphatic carbocycles. The van der Waals surface area contributed by atoms with Crippen LogP contribution in [-0.4, -0.2) is 34.7 Å². The number of methoxy groups -OCH3 is 1. The van der Waals surface area contributed by atoms with E-state index >= 15 is 0 Å². The molecule has 0 atom stereocenters. The van der Waals surface area contributed by atoms with Gasteiger partial charge in [0.05, 0.1) is 17.6 Å². The van der Waals surface area contributed by atoms with Crippen LogP contribution in [0.5, 0.6) is 5.75 Å². The van der Waals surface area contributed by atoms with E-state index in [-0.39, 0.29) is 28.2 Å². The normalized spacial score (nSPS) is 12.8. The fraction of sp³-hybridized carbons (Fsp3) is 0.0625. The molecule has 2 aromatic carbocycles. The van der Waals surface area contributed by atoms with E-state index in [1.807, 2.05) is 0 Å². The van der Waals surface area contributed by atoms with Crippen molar-refractivity contribution in [2.24, 2.45) is 0 Å². The van der Waals surface area contributed by atoms with Crippen LogP contribution in [0.1, 0.15) is 21.5 Å². The van der Waals surface area contributed by atoms with Crippen LogP contribution in [0.25, 0.3) is 0 Å². The second-order valence-corrected chi connectivity index (χ2v) is 5.06. The molecule has 1 aliphatic rings. The Labute approximate surface area is 141 Å². The average molecular weight is 340 g/mol. The second kappa shape index (κ2) is 6.04. The summed E-state index contributed by atoms with van der Waals surface area (Å²) in [4.78, 5) is 27.8. The summed E-state index contributed by atoms with van der Waals surface area (Å²) < 4.78 is 5.00. The highest BCUT2D eigenvalue weighted by atomic mass is 16.7. The van der Waals surface area contributed by atoms with Gasteiger partial charge in [-0.25, -0.2) is 4.79 Å². The van der Waals surface area contributed by atoms with E-state index in [1.54, 1.807) is 12.1 Å². The average Bonchev–Trinajstić information content (AvgIpc) is 2.86. The van der Waals surface area contributed by atoms with Gasteiger partial charge in [0, 0.05) is 11.6 Å². The Balaban J connectivity index is 1.88. The van der Waals surface area contributed by atoms with Gasteiger partial charge in [-0.2, -0.15) is 0 Å². The molecule has 2 aromatic rings. The minimum Gasteiger partial charge on any atom is -0.497 e. The Kier molecular flexibility index (Phi) is 3.89. The Morgan fingerprint density at radius 3 is 2.40 bits per heavy atom. The highest BCUT2D eigenvalue weighted by Gasteiger charge is 2.38. The Hall–Kier alpha value is -3.75. The van der Waals surface area contributed by atoms with Crippen LogP contribution in [0.4, 0.5) is 5.69 Å². The number of rotatable bonds is 4. The van der Waals surface area contributed by atoms with Gasteiger partial charge in [0.1, 0.15) is 11.3 Å². The van der Waals surface area contributed by atoms with E-state index in [4.69, 9.17) is 20.4 Å². The monoisotopic (exact) mass is 340 g/mol. The molecule has 0 spiro atoms. The van der Waals surface area contributed by atoms with E-state index in [9.17, 15) is 14.9 Å². The first-order valence-electron chi connectivity index (χ1n) is 7.05. The van der Waals surface area contributed by atoms with Crippen LogP contribution >= 0.6 is 0 Å². The molecule has 0 unspecified atom stereocenters. The molecule has 0 bridgehead atoms. The summed E-state index contributed by atoms with van der Waals surface area (Å²) in [5, 5.41) is 27.9. The van der Waals surface area contributed by atoms with Gasteiger partial charge in [0.2, 0.25) is 0 Å². The Morgan fingerprint density at radius 1 is 1.12 bits per heavy atom. The Morgan fingerprint density at radius 2 is 1.80 bits per heavy atom. The first kappa shape index (κ1) is 16.1.